The normalized spacial score (nSPS) is 10.0. The average molecular weight is 667 g/mol. The molecule has 2 aromatic heterocycles. The molecule has 2 heterocycles. The summed E-state index contributed by atoms with van der Waals surface area (Å²) in [5, 5.41) is 0. The van der Waals surface area contributed by atoms with Crippen molar-refractivity contribution >= 4 is 0 Å². The topological polar surface area (TPSA) is 25.8 Å². The van der Waals surface area contributed by atoms with Gasteiger partial charge in [-0.25, -0.2) is 0 Å². The van der Waals surface area contributed by atoms with Crippen molar-refractivity contribution in [1.29, 1.82) is 0 Å². The zero-order chi connectivity index (χ0) is 25.1. The molecule has 0 spiro atoms. The first-order chi connectivity index (χ1) is 18.3. The molecule has 38 heavy (non-hydrogen) atoms. The van der Waals surface area contributed by atoms with Crippen LogP contribution in [0.25, 0.3) is 33.6 Å². The van der Waals surface area contributed by atoms with Gasteiger partial charge in [-0.15, -0.1) is 71.8 Å². The van der Waals surface area contributed by atoms with Crippen LogP contribution in [0.3, 0.4) is 0 Å². The molecule has 0 aliphatic rings. The predicted octanol–water partition coefficient (Wildman–Crippen LogP) is 8.35. The molecule has 0 atom stereocenters. The molecule has 4 aromatic carbocycles. The smallest absolute Gasteiger partial charge is 0.0166 e. The maximum Gasteiger partial charge on any atom is 0.0166 e. The van der Waals surface area contributed by atoms with Crippen molar-refractivity contribution in [2.45, 2.75) is 6.42 Å². The third kappa shape index (κ3) is 7.43. The summed E-state index contributed by atoms with van der Waals surface area (Å²) in [7, 11) is 0. The number of aromatic nitrogens is 2. The average Bonchev–Trinajstić information content (AvgIpc) is 3.00. The van der Waals surface area contributed by atoms with E-state index in [4.69, 9.17) is 0 Å². The van der Waals surface area contributed by atoms with Gasteiger partial charge in [-0.1, -0.05) is 72.8 Å². The van der Waals surface area contributed by atoms with E-state index >= 15 is 0 Å². The van der Waals surface area contributed by atoms with Crippen LogP contribution in [0.2, 0.25) is 0 Å². The van der Waals surface area contributed by atoms with Gasteiger partial charge in [0.2, 0.25) is 0 Å². The van der Waals surface area contributed by atoms with Crippen molar-refractivity contribution < 1.29 is 20.1 Å². The summed E-state index contributed by atoms with van der Waals surface area (Å²) in [6, 6.07) is 51.4. The summed E-state index contributed by atoms with van der Waals surface area (Å²) in [6.45, 7) is 0. The minimum atomic E-state index is 0. The zero-order valence-electron chi connectivity index (χ0n) is 20.8. The summed E-state index contributed by atoms with van der Waals surface area (Å²) >= 11 is 0. The number of hydrogen-bond donors (Lipinski definition) is 0. The molecule has 0 N–H and O–H groups in total. The van der Waals surface area contributed by atoms with Gasteiger partial charge in [0.25, 0.3) is 0 Å². The van der Waals surface area contributed by atoms with Gasteiger partial charge < -0.3 is 9.97 Å². The van der Waals surface area contributed by atoms with Crippen molar-refractivity contribution in [3.63, 3.8) is 0 Å². The molecule has 3 heteroatoms. The molecule has 1 radical (unpaired) electrons. The van der Waals surface area contributed by atoms with Crippen molar-refractivity contribution in [1.82, 2.24) is 9.97 Å². The van der Waals surface area contributed by atoms with E-state index in [1.807, 2.05) is 91.3 Å². The van der Waals surface area contributed by atoms with Crippen LogP contribution >= 0.6 is 0 Å². The predicted molar refractivity (Wildman–Crippen MR) is 152 cm³/mol. The minimum absolute atomic E-state index is 0. The van der Waals surface area contributed by atoms with Crippen LogP contribution in [0, 0.1) is 12.1 Å². The Kier molecular flexibility index (Phi) is 9.87. The van der Waals surface area contributed by atoms with Crippen LogP contribution in [-0.2, 0) is 26.5 Å². The molecule has 0 bridgehead atoms. The van der Waals surface area contributed by atoms with Crippen LogP contribution in [0.15, 0.2) is 146 Å². The molecular weight excluding hydrogens is 641 g/mol. The Balaban J connectivity index is 0.000000173. The Morgan fingerprint density at radius 2 is 1.03 bits per heavy atom. The number of benzene rings is 4. The fourth-order valence-corrected chi connectivity index (χ4v) is 4.06. The van der Waals surface area contributed by atoms with Crippen molar-refractivity contribution in [2.24, 2.45) is 0 Å². The fourth-order valence-electron chi connectivity index (χ4n) is 4.06. The molecule has 0 saturated carbocycles. The first-order valence-corrected chi connectivity index (χ1v) is 12.3. The van der Waals surface area contributed by atoms with Crippen molar-refractivity contribution in [2.75, 3.05) is 0 Å². The standard InChI is InChI=1S/C18H14N.C17H12N.Ir/c1-3-7-15(8-4-1)13-16-11-12-19-18(14-16)17-9-5-2-6-10-17;1-3-7-14(8-4-1)16-11-12-18-17(13-16)15-9-5-2-6-10-15;/h1-9,11-12,14H,13H2;1-9,11-13H;/q2*-1;. The van der Waals surface area contributed by atoms with Crippen LogP contribution in [0.5, 0.6) is 0 Å². The fraction of sp³-hybridized carbons (Fsp3) is 0.0286. The van der Waals surface area contributed by atoms with Crippen LogP contribution < -0.4 is 0 Å². The summed E-state index contributed by atoms with van der Waals surface area (Å²) in [5.41, 5.74) is 8.97. The third-order valence-electron chi connectivity index (χ3n) is 5.91. The van der Waals surface area contributed by atoms with Gasteiger partial charge in [0, 0.05) is 32.5 Å². The Labute approximate surface area is 238 Å². The zero-order valence-corrected chi connectivity index (χ0v) is 23.2. The first kappa shape index (κ1) is 26.9. The summed E-state index contributed by atoms with van der Waals surface area (Å²) in [5.74, 6) is 0. The quantitative estimate of drug-likeness (QED) is 0.173. The maximum absolute atomic E-state index is 4.42. The molecule has 0 amide bonds. The van der Waals surface area contributed by atoms with E-state index in [0.29, 0.717) is 0 Å². The maximum atomic E-state index is 4.42. The number of hydrogen-bond acceptors (Lipinski definition) is 2. The first-order valence-electron chi connectivity index (χ1n) is 12.3. The van der Waals surface area contributed by atoms with E-state index in [9.17, 15) is 0 Å². The number of nitrogens with zero attached hydrogens (tertiary/aromatic N) is 2. The minimum Gasteiger partial charge on any atom is -0.305 e. The summed E-state index contributed by atoms with van der Waals surface area (Å²) in [4.78, 5) is 8.82. The van der Waals surface area contributed by atoms with E-state index in [-0.39, 0.29) is 20.1 Å². The molecule has 2 nitrogen and oxygen atoms in total. The Morgan fingerprint density at radius 1 is 0.474 bits per heavy atom. The molecule has 0 saturated heterocycles. The van der Waals surface area contributed by atoms with Crippen LogP contribution in [0.1, 0.15) is 11.1 Å². The molecule has 187 valence electrons. The molecule has 0 aliphatic heterocycles. The SMILES string of the molecule is [Ir].[c-]1ccccc1-c1cc(-c2ccccc2)ccn1.[c-]1ccccc1-c1cc(Cc2ccccc2)ccn1. The van der Waals surface area contributed by atoms with E-state index in [1.54, 1.807) is 0 Å². The van der Waals surface area contributed by atoms with Gasteiger partial charge in [0.1, 0.15) is 0 Å². The van der Waals surface area contributed by atoms with Crippen molar-refractivity contribution in [3.8, 4) is 33.6 Å². The largest absolute Gasteiger partial charge is 0.305 e. The molecular formula is C35H26IrN2-2. The second-order valence-electron chi connectivity index (χ2n) is 8.56. The van der Waals surface area contributed by atoms with Gasteiger partial charge in [0.05, 0.1) is 0 Å². The molecule has 0 aliphatic carbocycles. The van der Waals surface area contributed by atoms with Gasteiger partial charge in [-0.05, 0) is 52.2 Å². The van der Waals surface area contributed by atoms with E-state index in [0.717, 1.165) is 28.9 Å². The van der Waals surface area contributed by atoms with Crippen LogP contribution in [-0.4, -0.2) is 9.97 Å². The van der Waals surface area contributed by atoms with Gasteiger partial charge >= 0.3 is 0 Å². The van der Waals surface area contributed by atoms with Crippen molar-refractivity contribution in [3.05, 3.63) is 169 Å². The van der Waals surface area contributed by atoms with Crippen LogP contribution in [0.4, 0.5) is 0 Å². The Hall–Kier alpha value is -4.17. The second kappa shape index (κ2) is 13.9. The molecule has 0 unspecified atom stereocenters. The van der Waals surface area contributed by atoms with E-state index in [2.05, 4.69) is 76.7 Å². The van der Waals surface area contributed by atoms with Gasteiger partial charge in [-0.2, -0.15) is 0 Å². The Bertz CT molecular complexity index is 1470. The monoisotopic (exact) mass is 667 g/mol. The number of pyridine rings is 2. The molecule has 6 rings (SSSR count). The van der Waals surface area contributed by atoms with E-state index in [1.165, 1.54) is 22.3 Å². The molecule has 6 aromatic rings. The van der Waals surface area contributed by atoms with Gasteiger partial charge in [0.15, 0.2) is 0 Å². The van der Waals surface area contributed by atoms with Gasteiger partial charge in [-0.3, -0.25) is 0 Å². The second-order valence-corrected chi connectivity index (χ2v) is 8.56. The summed E-state index contributed by atoms with van der Waals surface area (Å²) < 4.78 is 0. The summed E-state index contributed by atoms with van der Waals surface area (Å²) in [6.07, 6.45) is 4.65. The number of rotatable bonds is 5. The van der Waals surface area contributed by atoms with E-state index < -0.39 is 0 Å². The third-order valence-corrected chi connectivity index (χ3v) is 5.91. The molecule has 0 fully saturated rings. The Morgan fingerprint density at radius 3 is 1.63 bits per heavy atom.